The van der Waals surface area contributed by atoms with Gasteiger partial charge in [-0.15, -0.1) is 36.1 Å². The molecule has 2 fully saturated rings. The van der Waals surface area contributed by atoms with E-state index in [1.54, 1.807) is 36.4 Å². The predicted octanol–water partition coefficient (Wildman–Crippen LogP) is 9.75. The molecule has 2 saturated carbocycles. The zero-order valence-electron chi connectivity index (χ0n) is 31.7. The Hall–Kier alpha value is -6.20. The highest BCUT2D eigenvalue weighted by Crippen LogP contribution is 2.35. The second-order valence-electron chi connectivity index (χ2n) is 14.6. The van der Waals surface area contributed by atoms with Gasteiger partial charge in [0.25, 0.3) is 11.9 Å². The number of aromatic amines is 3. The zero-order chi connectivity index (χ0) is 41.4. The molecule has 6 aromatic rings. The number of rotatable bonds is 10. The lowest BCUT2D eigenvalue weighted by atomic mass is 9.87. The van der Waals surface area contributed by atoms with E-state index in [0.717, 1.165) is 52.3 Å². The van der Waals surface area contributed by atoms with Crippen molar-refractivity contribution in [2.75, 3.05) is 5.32 Å². The van der Waals surface area contributed by atoms with Gasteiger partial charge in [0, 0.05) is 45.8 Å². The quantitative estimate of drug-likeness (QED) is 0.0794. The van der Waals surface area contributed by atoms with Gasteiger partial charge in [-0.25, -0.2) is 0 Å². The van der Waals surface area contributed by atoms with Gasteiger partial charge in [-0.05, 0) is 97.6 Å². The van der Waals surface area contributed by atoms with Crippen LogP contribution < -0.4 is 19.5 Å². The monoisotopic (exact) mass is 822 g/mol. The summed E-state index contributed by atoms with van der Waals surface area (Å²) in [5.74, 6) is 0.171. The van der Waals surface area contributed by atoms with Gasteiger partial charge in [-0.3, -0.25) is 15.2 Å². The van der Waals surface area contributed by atoms with E-state index in [2.05, 4.69) is 56.8 Å². The molecule has 2 aliphatic carbocycles. The molecule has 3 heterocycles. The number of amides is 1. The molecule has 0 atom stereocenters. The van der Waals surface area contributed by atoms with Crippen molar-refractivity contribution in [1.82, 2.24) is 35.9 Å². The van der Waals surface area contributed by atoms with Gasteiger partial charge in [0.1, 0.15) is 11.5 Å². The summed E-state index contributed by atoms with van der Waals surface area (Å²) in [6, 6.07) is 22.9. The minimum Gasteiger partial charge on any atom is -0.406 e. The van der Waals surface area contributed by atoms with Crippen molar-refractivity contribution in [2.24, 2.45) is 0 Å². The Morgan fingerprint density at radius 1 is 0.695 bits per heavy atom. The van der Waals surface area contributed by atoms with Crippen LogP contribution in [0.5, 0.6) is 11.5 Å². The van der Waals surface area contributed by atoms with Crippen molar-refractivity contribution in [1.29, 1.82) is 0 Å². The second-order valence-corrected chi connectivity index (χ2v) is 14.6. The number of hydrogen-bond acceptors (Lipinski definition) is 7. The van der Waals surface area contributed by atoms with Gasteiger partial charge in [0.05, 0.1) is 11.4 Å². The van der Waals surface area contributed by atoms with Gasteiger partial charge in [0.15, 0.2) is 6.54 Å². The van der Waals surface area contributed by atoms with Crippen LogP contribution in [0.2, 0.25) is 0 Å². The number of aromatic nitrogens is 8. The Labute approximate surface area is 334 Å². The topological polar surface area (TPSA) is 150 Å². The second kappa shape index (κ2) is 18.2. The molecule has 0 bridgehead atoms. The van der Waals surface area contributed by atoms with E-state index in [9.17, 15) is 31.1 Å². The molecule has 3 aromatic carbocycles. The Morgan fingerprint density at radius 3 is 1.80 bits per heavy atom. The number of nitrogens with zero attached hydrogens (tertiary/aromatic N) is 5. The molecule has 4 N–H and O–H groups in total. The number of nitrogens with one attached hydrogen (secondary N) is 4. The Balaban J connectivity index is 0.000000204. The standard InChI is InChI=1S/C25H24F3N7O2.C16H17F3N2O/c26-25(27,28)37-20-12-10-18(11-13-20)22-14-21(17-4-2-1-3-5-17)32-35(22)15-16-6-8-19(9-7-16)23(36)29-24-30-33-34-31-24;17-16(18,19)22-13-8-6-12(7-9-13)15-10-14(20-21-15)11-4-2-1-3-5-11/h6-14,17H,1-5,15H2,(H2,29,30,31,33,34,36);6-11H,1-5H2,(H,20,21)/p+1. The molecular formula is C41H42F6N9O3+. The summed E-state index contributed by atoms with van der Waals surface area (Å²) in [7, 11) is 0. The van der Waals surface area contributed by atoms with Gasteiger partial charge in [-0.2, -0.15) is 15.4 Å². The first kappa shape index (κ1) is 41.0. The number of alkyl halides is 6. The molecule has 8 rings (SSSR count). The van der Waals surface area contributed by atoms with Gasteiger partial charge in [-0.1, -0.05) is 55.8 Å². The summed E-state index contributed by atoms with van der Waals surface area (Å²) in [6.07, 6.45) is 2.48. The molecule has 310 valence electrons. The van der Waals surface area contributed by atoms with E-state index >= 15 is 0 Å². The fourth-order valence-corrected chi connectivity index (χ4v) is 7.55. The first-order chi connectivity index (χ1) is 28.3. The van der Waals surface area contributed by atoms with Crippen LogP contribution in [0.4, 0.5) is 32.3 Å². The highest BCUT2D eigenvalue weighted by atomic mass is 19.4. The third kappa shape index (κ3) is 11.5. The fourth-order valence-electron chi connectivity index (χ4n) is 7.55. The van der Waals surface area contributed by atoms with Crippen LogP contribution in [-0.2, 0) is 6.54 Å². The van der Waals surface area contributed by atoms with Crippen LogP contribution in [0.1, 0.15) is 103 Å². The van der Waals surface area contributed by atoms with Gasteiger partial charge < -0.3 is 9.47 Å². The van der Waals surface area contributed by atoms with Crippen molar-refractivity contribution in [2.45, 2.75) is 95.3 Å². The lowest BCUT2D eigenvalue weighted by Crippen LogP contribution is -2.38. The van der Waals surface area contributed by atoms with Gasteiger partial charge in [0.2, 0.25) is 5.69 Å². The highest BCUT2D eigenvalue weighted by Gasteiger charge is 2.32. The maximum Gasteiger partial charge on any atom is 0.573 e. The molecule has 0 unspecified atom stereocenters. The zero-order valence-corrected chi connectivity index (χ0v) is 31.7. The fraction of sp³-hybridized carbons (Fsp3) is 0.366. The van der Waals surface area contributed by atoms with E-state index < -0.39 is 12.7 Å². The van der Waals surface area contributed by atoms with Crippen molar-refractivity contribution in [3.63, 3.8) is 0 Å². The molecule has 0 radical (unpaired) electrons. The number of ether oxygens (including phenoxy) is 2. The number of carbonyl (C=O) groups excluding carboxylic acids is 1. The Morgan fingerprint density at radius 2 is 1.25 bits per heavy atom. The Kier molecular flexibility index (Phi) is 12.6. The molecule has 18 heteroatoms. The number of hydrogen-bond donors (Lipinski definition) is 4. The number of H-pyrrole nitrogens is 3. The van der Waals surface area contributed by atoms with Crippen LogP contribution in [-0.4, -0.2) is 54.6 Å². The molecule has 2 aliphatic rings. The van der Waals surface area contributed by atoms with Crippen molar-refractivity contribution in [3.8, 4) is 34.0 Å². The average molecular weight is 823 g/mol. The lowest BCUT2D eigenvalue weighted by Gasteiger charge is -2.19. The number of benzene rings is 3. The normalized spacial score (nSPS) is 15.3. The third-order valence-electron chi connectivity index (χ3n) is 10.4. The first-order valence-electron chi connectivity index (χ1n) is 19.4. The van der Waals surface area contributed by atoms with E-state index in [1.807, 2.05) is 22.9 Å². The van der Waals surface area contributed by atoms with E-state index in [1.165, 1.54) is 75.6 Å². The first-order valence-corrected chi connectivity index (χ1v) is 19.4. The summed E-state index contributed by atoms with van der Waals surface area (Å²) >= 11 is 0. The molecule has 0 aliphatic heterocycles. The number of anilines is 1. The van der Waals surface area contributed by atoms with Gasteiger partial charge >= 0.3 is 12.7 Å². The molecule has 1 amide bonds. The van der Waals surface area contributed by atoms with Crippen molar-refractivity contribution < 1.29 is 45.3 Å². The van der Waals surface area contributed by atoms with E-state index in [4.69, 9.17) is 0 Å². The predicted molar refractivity (Wildman–Crippen MR) is 203 cm³/mol. The summed E-state index contributed by atoms with van der Waals surface area (Å²) in [6.45, 7) is 0.482. The Bertz CT molecular complexity index is 2240. The minimum atomic E-state index is -4.74. The maximum absolute atomic E-state index is 12.6. The molecular weight excluding hydrogens is 780 g/mol. The van der Waals surface area contributed by atoms with Crippen LogP contribution >= 0.6 is 0 Å². The molecule has 59 heavy (non-hydrogen) atoms. The molecule has 3 aromatic heterocycles. The summed E-state index contributed by atoms with van der Waals surface area (Å²) in [4.78, 5) is 12.4. The summed E-state index contributed by atoms with van der Waals surface area (Å²) in [5, 5.41) is 26.5. The van der Waals surface area contributed by atoms with Crippen LogP contribution in [0.15, 0.2) is 84.9 Å². The maximum atomic E-state index is 12.6. The summed E-state index contributed by atoms with van der Waals surface area (Å²) < 4.78 is 84.0. The van der Waals surface area contributed by atoms with Crippen molar-refractivity contribution >= 4 is 11.9 Å². The minimum absolute atomic E-state index is 0.0857. The molecule has 0 spiro atoms. The lowest BCUT2D eigenvalue weighted by molar-refractivity contribution is -0.732. The van der Waals surface area contributed by atoms with E-state index in [-0.39, 0.29) is 23.4 Å². The largest absolute Gasteiger partial charge is 0.573 e. The number of halogens is 6. The highest BCUT2D eigenvalue weighted by molar-refractivity contribution is 6.03. The van der Waals surface area contributed by atoms with Crippen LogP contribution in [0.3, 0.4) is 0 Å². The van der Waals surface area contributed by atoms with Crippen LogP contribution in [0.25, 0.3) is 22.5 Å². The third-order valence-corrected chi connectivity index (χ3v) is 10.4. The van der Waals surface area contributed by atoms with Crippen LogP contribution in [0, 0.1) is 0 Å². The smallest absolute Gasteiger partial charge is 0.406 e. The molecule has 12 nitrogen and oxygen atoms in total. The SMILES string of the molecule is FC(F)(F)Oc1ccc(-c2cc(C3CCCCC3)[nH]n2)cc1.O=C(Nc1nn[nH]n1)c1ccc(C[n+]2[nH]c(C3CCCCC3)cc2-c2ccc(OC(F)(F)F)cc2)cc1. The number of tetrazole rings is 1. The average Bonchev–Trinajstić information content (AvgIpc) is 4.01. The summed E-state index contributed by atoms with van der Waals surface area (Å²) in [5.41, 5.74) is 6.76. The number of carbonyl (C=O) groups is 1. The van der Waals surface area contributed by atoms with Crippen molar-refractivity contribution in [3.05, 3.63) is 107 Å². The molecule has 0 saturated heterocycles. The van der Waals surface area contributed by atoms with E-state index in [0.29, 0.717) is 23.9 Å².